The first-order chi connectivity index (χ1) is 10.6. The van der Waals surface area contributed by atoms with Crippen molar-refractivity contribution in [2.24, 2.45) is 4.99 Å². The van der Waals surface area contributed by atoms with Crippen molar-refractivity contribution in [3.63, 3.8) is 0 Å². The molecule has 0 aliphatic heterocycles. The molecule has 2 aromatic carbocycles. The predicted octanol–water partition coefficient (Wildman–Crippen LogP) is 4.72. The molecule has 1 heterocycles. The third-order valence-corrected chi connectivity index (χ3v) is 5.48. The van der Waals surface area contributed by atoms with Crippen LogP contribution in [-0.2, 0) is 6.54 Å². The zero-order valence-corrected chi connectivity index (χ0v) is 15.4. The molecule has 1 amide bonds. The number of benzene rings is 2. The van der Waals surface area contributed by atoms with Crippen LogP contribution < -0.4 is 4.80 Å². The van der Waals surface area contributed by atoms with Gasteiger partial charge in [0, 0.05) is 15.1 Å². The average Bonchev–Trinajstić information content (AvgIpc) is 2.83. The monoisotopic (exact) mass is 442 g/mol. The van der Waals surface area contributed by atoms with Gasteiger partial charge in [-0.25, -0.2) is 0 Å². The van der Waals surface area contributed by atoms with Gasteiger partial charge < -0.3 is 4.57 Å². The number of rotatable bonds is 2. The molecular weight excluding hydrogens is 431 g/mol. The summed E-state index contributed by atoms with van der Waals surface area (Å²) in [6.45, 7) is 2.79. The number of fused-ring (bicyclic) bond motifs is 1. The zero-order valence-electron chi connectivity index (χ0n) is 11.7. The minimum atomic E-state index is -0.218. The van der Waals surface area contributed by atoms with E-state index in [0.29, 0.717) is 15.4 Å². The number of carbonyl (C=O) groups is 1. The quantitative estimate of drug-likeness (QED) is 0.529. The van der Waals surface area contributed by atoms with E-state index in [-0.39, 0.29) is 5.91 Å². The third-order valence-electron chi connectivity index (χ3n) is 3.26. The molecule has 0 fully saturated rings. The van der Waals surface area contributed by atoms with E-state index in [4.69, 9.17) is 11.6 Å². The van der Waals surface area contributed by atoms with Crippen LogP contribution in [0.15, 0.2) is 47.5 Å². The topological polar surface area (TPSA) is 34.4 Å². The van der Waals surface area contributed by atoms with Gasteiger partial charge in [0.15, 0.2) is 4.80 Å². The molecule has 1 aromatic heterocycles. The van der Waals surface area contributed by atoms with Crippen molar-refractivity contribution >= 4 is 61.7 Å². The number of halogens is 2. The Morgan fingerprint density at radius 3 is 2.82 bits per heavy atom. The Bertz CT molecular complexity index is 929. The zero-order chi connectivity index (χ0) is 15.7. The minimum absolute atomic E-state index is 0.218. The largest absolute Gasteiger partial charge is 0.317 e. The van der Waals surface area contributed by atoms with E-state index in [1.165, 1.54) is 11.3 Å². The number of hydrogen-bond acceptors (Lipinski definition) is 2. The smallest absolute Gasteiger partial charge is 0.280 e. The van der Waals surface area contributed by atoms with Crippen LogP contribution in [0.1, 0.15) is 17.3 Å². The van der Waals surface area contributed by atoms with Crippen molar-refractivity contribution in [2.75, 3.05) is 0 Å². The molecule has 6 heteroatoms. The van der Waals surface area contributed by atoms with Crippen LogP contribution in [0, 0.1) is 3.57 Å². The summed E-state index contributed by atoms with van der Waals surface area (Å²) < 4.78 is 3.97. The summed E-state index contributed by atoms with van der Waals surface area (Å²) in [5.41, 5.74) is 1.67. The van der Waals surface area contributed by atoms with Crippen molar-refractivity contribution < 1.29 is 4.79 Å². The summed E-state index contributed by atoms with van der Waals surface area (Å²) in [7, 11) is 0. The minimum Gasteiger partial charge on any atom is -0.317 e. The highest BCUT2D eigenvalue weighted by Crippen LogP contribution is 2.22. The highest BCUT2D eigenvalue weighted by Gasteiger charge is 2.10. The second kappa shape index (κ2) is 6.52. The molecule has 0 bridgehead atoms. The van der Waals surface area contributed by atoms with Crippen LogP contribution >= 0.6 is 45.5 Å². The average molecular weight is 443 g/mol. The second-order valence-corrected chi connectivity index (χ2v) is 7.25. The van der Waals surface area contributed by atoms with E-state index >= 15 is 0 Å². The second-order valence-electron chi connectivity index (χ2n) is 4.64. The molecular formula is C16H12ClIN2OS. The van der Waals surface area contributed by atoms with Gasteiger partial charge >= 0.3 is 0 Å². The number of carbonyl (C=O) groups excluding carboxylic acids is 1. The summed E-state index contributed by atoms with van der Waals surface area (Å²) in [4.78, 5) is 17.5. The Morgan fingerprint density at radius 1 is 1.32 bits per heavy atom. The first kappa shape index (κ1) is 15.7. The Labute approximate surface area is 150 Å². The Kier molecular flexibility index (Phi) is 4.65. The lowest BCUT2D eigenvalue weighted by molar-refractivity contribution is 0.0997. The van der Waals surface area contributed by atoms with Gasteiger partial charge in [0.05, 0.1) is 15.8 Å². The maximum Gasteiger partial charge on any atom is 0.280 e. The van der Waals surface area contributed by atoms with Crippen molar-refractivity contribution in [3.8, 4) is 0 Å². The van der Waals surface area contributed by atoms with Crippen molar-refractivity contribution in [3.05, 3.63) is 61.4 Å². The number of aryl methyl sites for hydroxylation is 1. The van der Waals surface area contributed by atoms with E-state index in [2.05, 4.69) is 27.6 Å². The molecule has 0 N–H and O–H groups in total. The normalized spacial score (nSPS) is 12.0. The SMILES string of the molecule is CCn1c(=NC(=O)c2ccccc2I)sc2cc(Cl)ccc21. The van der Waals surface area contributed by atoms with Gasteiger partial charge in [-0.2, -0.15) is 4.99 Å². The maximum absolute atomic E-state index is 12.4. The lowest BCUT2D eigenvalue weighted by Crippen LogP contribution is -2.16. The van der Waals surface area contributed by atoms with Crippen LogP contribution in [-0.4, -0.2) is 10.5 Å². The Hall–Kier alpha value is -1.18. The molecule has 0 radical (unpaired) electrons. The van der Waals surface area contributed by atoms with Crippen LogP contribution in [0.4, 0.5) is 0 Å². The fourth-order valence-electron chi connectivity index (χ4n) is 2.22. The fraction of sp³-hybridized carbons (Fsp3) is 0.125. The van der Waals surface area contributed by atoms with Gasteiger partial charge in [0.1, 0.15) is 0 Å². The lowest BCUT2D eigenvalue weighted by Gasteiger charge is -2.01. The number of nitrogens with zero attached hydrogens (tertiary/aromatic N) is 2. The third kappa shape index (κ3) is 2.98. The van der Waals surface area contributed by atoms with Gasteiger partial charge in [-0.1, -0.05) is 35.1 Å². The number of amides is 1. The molecule has 0 spiro atoms. The summed E-state index contributed by atoms with van der Waals surface area (Å²) >= 11 is 9.68. The van der Waals surface area contributed by atoms with Crippen LogP contribution in [0.3, 0.4) is 0 Å². The van der Waals surface area contributed by atoms with E-state index in [1.54, 1.807) is 6.07 Å². The first-order valence-electron chi connectivity index (χ1n) is 6.72. The highest BCUT2D eigenvalue weighted by atomic mass is 127. The number of aromatic nitrogens is 1. The molecule has 3 aromatic rings. The van der Waals surface area contributed by atoms with Gasteiger partial charge in [-0.05, 0) is 59.8 Å². The molecule has 0 aliphatic rings. The Balaban J connectivity index is 2.17. The predicted molar refractivity (Wildman–Crippen MR) is 99.6 cm³/mol. The van der Waals surface area contributed by atoms with Gasteiger partial charge in [-0.15, -0.1) is 0 Å². The van der Waals surface area contributed by atoms with E-state index in [0.717, 1.165) is 20.3 Å². The molecule has 0 saturated carbocycles. The molecule has 0 saturated heterocycles. The van der Waals surface area contributed by atoms with E-state index in [9.17, 15) is 4.79 Å². The molecule has 112 valence electrons. The molecule has 22 heavy (non-hydrogen) atoms. The summed E-state index contributed by atoms with van der Waals surface area (Å²) in [5.74, 6) is -0.218. The Morgan fingerprint density at radius 2 is 2.09 bits per heavy atom. The lowest BCUT2D eigenvalue weighted by atomic mass is 10.2. The van der Waals surface area contributed by atoms with Gasteiger partial charge in [-0.3, -0.25) is 4.79 Å². The van der Waals surface area contributed by atoms with E-state index in [1.807, 2.05) is 47.9 Å². The van der Waals surface area contributed by atoms with Crippen molar-refractivity contribution in [1.82, 2.24) is 4.57 Å². The molecule has 3 nitrogen and oxygen atoms in total. The van der Waals surface area contributed by atoms with Crippen LogP contribution in [0.2, 0.25) is 5.02 Å². The summed E-state index contributed by atoms with van der Waals surface area (Å²) in [6.07, 6.45) is 0. The highest BCUT2D eigenvalue weighted by molar-refractivity contribution is 14.1. The molecule has 0 unspecified atom stereocenters. The van der Waals surface area contributed by atoms with Gasteiger partial charge in [0.25, 0.3) is 5.91 Å². The van der Waals surface area contributed by atoms with E-state index < -0.39 is 0 Å². The fourth-order valence-corrected chi connectivity index (χ4v) is 4.21. The van der Waals surface area contributed by atoms with Gasteiger partial charge in [0.2, 0.25) is 0 Å². The molecule has 0 aliphatic carbocycles. The molecule has 0 atom stereocenters. The van der Waals surface area contributed by atoms with Crippen LogP contribution in [0.5, 0.6) is 0 Å². The number of hydrogen-bond donors (Lipinski definition) is 0. The van der Waals surface area contributed by atoms with Crippen molar-refractivity contribution in [1.29, 1.82) is 0 Å². The summed E-state index contributed by atoms with van der Waals surface area (Å²) in [5, 5.41) is 0.687. The van der Waals surface area contributed by atoms with Crippen molar-refractivity contribution in [2.45, 2.75) is 13.5 Å². The molecule has 3 rings (SSSR count). The maximum atomic E-state index is 12.4. The first-order valence-corrected chi connectivity index (χ1v) is 9.00. The standard InChI is InChI=1S/C16H12ClIN2OS/c1-2-20-13-8-7-10(17)9-14(13)22-16(20)19-15(21)11-5-3-4-6-12(11)18/h3-9H,2H2,1H3. The summed E-state index contributed by atoms with van der Waals surface area (Å²) in [6, 6.07) is 13.2. The number of thiazole rings is 1. The van der Waals surface area contributed by atoms with Crippen LogP contribution in [0.25, 0.3) is 10.2 Å².